The van der Waals surface area contributed by atoms with Crippen LogP contribution in [0.1, 0.15) is 0 Å². The largest absolute Gasteiger partial charge is 0.762 e. The van der Waals surface area contributed by atoms with E-state index in [0.717, 1.165) is 0 Å². The predicted molar refractivity (Wildman–Crippen MR) is 27.4 cm³/mol. The van der Waals surface area contributed by atoms with Crippen molar-refractivity contribution in [2.24, 2.45) is 0 Å². The monoisotopic (exact) mass is 137 g/mol. The maximum Gasteiger partial charge on any atom is 0.0844 e. The summed E-state index contributed by atoms with van der Waals surface area (Å²) in [6, 6.07) is 0. The van der Waals surface area contributed by atoms with E-state index >= 15 is 0 Å². The van der Waals surface area contributed by atoms with Gasteiger partial charge in [0.25, 0.3) is 0 Å². The van der Waals surface area contributed by atoms with Crippen molar-refractivity contribution in [3.05, 3.63) is 0 Å². The molecule has 0 aromatic carbocycles. The molecule has 7 heavy (non-hydrogen) atoms. The topological polar surface area (TPSA) is 40.1 Å². The lowest BCUT2D eigenvalue weighted by Crippen LogP contribution is -1.76. The van der Waals surface area contributed by atoms with Gasteiger partial charge in [-0.3, -0.25) is 4.21 Å². The summed E-state index contributed by atoms with van der Waals surface area (Å²) in [6.07, 6.45) is 0. The highest BCUT2D eigenvalue weighted by atomic mass is 35.5. The lowest BCUT2D eigenvalue weighted by Gasteiger charge is -1.86. The minimum Gasteiger partial charge on any atom is -0.762 e. The molecule has 0 saturated carbocycles. The van der Waals surface area contributed by atoms with Gasteiger partial charge in [0.15, 0.2) is 0 Å². The van der Waals surface area contributed by atoms with Crippen LogP contribution < -0.4 is 0 Å². The lowest BCUT2D eigenvalue weighted by molar-refractivity contribution is 0.548. The van der Waals surface area contributed by atoms with E-state index in [1.807, 2.05) is 5.25 Å². The molecule has 0 amide bonds. The van der Waals surface area contributed by atoms with E-state index in [-0.39, 0.29) is 5.88 Å². The van der Waals surface area contributed by atoms with Crippen molar-refractivity contribution in [3.63, 3.8) is 0 Å². The van der Waals surface area contributed by atoms with Crippen molar-refractivity contribution in [2.75, 3.05) is 5.88 Å². The van der Waals surface area contributed by atoms with Crippen LogP contribution in [0.4, 0.5) is 0 Å². The molecule has 0 aromatic heterocycles. The first-order valence-corrected chi connectivity index (χ1v) is 3.02. The molecule has 0 rings (SSSR count). The first kappa shape index (κ1) is 6.96. The summed E-state index contributed by atoms with van der Waals surface area (Å²) in [4.78, 5) is 0. The van der Waals surface area contributed by atoms with Crippen molar-refractivity contribution in [2.45, 2.75) is 0 Å². The van der Waals surface area contributed by atoms with Gasteiger partial charge >= 0.3 is 0 Å². The van der Waals surface area contributed by atoms with Gasteiger partial charge < -0.3 is 4.55 Å². The van der Waals surface area contributed by atoms with Crippen molar-refractivity contribution >= 4 is 22.7 Å². The molecule has 4 heteroatoms. The fourth-order valence-corrected chi connectivity index (χ4v) is 0.422. The molecule has 0 aliphatic rings. The standard InChI is InChI=1S/C3H3ClO2S/c4-2-1-3-7(5)6/h2H2,(H,5,6)/p-1. The third-order valence-electron chi connectivity index (χ3n) is 0.222. The maximum atomic E-state index is 9.53. The summed E-state index contributed by atoms with van der Waals surface area (Å²) in [6.45, 7) is 0. The average Bonchev–Trinajstić information content (AvgIpc) is 1.61. The Hall–Kier alpha value is -0.0400. The molecule has 0 N–H and O–H groups in total. The van der Waals surface area contributed by atoms with Gasteiger partial charge in [0, 0.05) is 11.1 Å². The molecule has 40 valence electrons. The summed E-state index contributed by atoms with van der Waals surface area (Å²) < 4.78 is 19.1. The Balaban J connectivity index is 3.45. The Morgan fingerprint density at radius 3 is 2.57 bits per heavy atom. The van der Waals surface area contributed by atoms with Gasteiger partial charge in [-0.1, -0.05) is 5.92 Å². The Labute approximate surface area is 49.1 Å². The fourth-order valence-electron chi connectivity index (χ4n) is 0.0862. The molecule has 0 aliphatic heterocycles. The van der Waals surface area contributed by atoms with Crippen molar-refractivity contribution in [1.29, 1.82) is 0 Å². The van der Waals surface area contributed by atoms with E-state index in [1.165, 1.54) is 0 Å². The molecule has 0 bridgehead atoms. The highest BCUT2D eigenvalue weighted by Gasteiger charge is 1.62. The highest BCUT2D eigenvalue weighted by molar-refractivity contribution is 7.84. The summed E-state index contributed by atoms with van der Waals surface area (Å²) in [5.74, 6) is 2.21. The normalized spacial score (nSPS) is 11.7. The SMILES string of the molecule is O=S([O-])C#CCCl. The average molecular weight is 138 g/mol. The summed E-state index contributed by atoms with van der Waals surface area (Å²) in [5, 5.41) is 1.83. The van der Waals surface area contributed by atoms with Gasteiger partial charge in [-0.15, -0.1) is 11.6 Å². The van der Waals surface area contributed by atoms with Crippen molar-refractivity contribution in [1.82, 2.24) is 0 Å². The van der Waals surface area contributed by atoms with Gasteiger partial charge in [0.1, 0.15) is 0 Å². The van der Waals surface area contributed by atoms with E-state index in [1.54, 1.807) is 0 Å². The first-order valence-electron chi connectivity index (χ1n) is 1.41. The molecule has 1 unspecified atom stereocenters. The molecule has 0 aromatic rings. The van der Waals surface area contributed by atoms with Crippen LogP contribution in [0.2, 0.25) is 0 Å². The number of hydrogen-bond acceptors (Lipinski definition) is 2. The second-order valence-corrected chi connectivity index (χ2v) is 1.59. The van der Waals surface area contributed by atoms with E-state index in [9.17, 15) is 8.76 Å². The van der Waals surface area contributed by atoms with E-state index in [4.69, 9.17) is 11.6 Å². The van der Waals surface area contributed by atoms with Crippen LogP contribution in [-0.4, -0.2) is 14.6 Å². The molecule has 0 spiro atoms. The molecule has 0 fully saturated rings. The minimum absolute atomic E-state index is 0.0635. The maximum absolute atomic E-state index is 9.53. The lowest BCUT2D eigenvalue weighted by atomic mass is 10.8. The summed E-state index contributed by atoms with van der Waals surface area (Å²) in [7, 11) is 0. The first-order chi connectivity index (χ1) is 3.27. The molecular weight excluding hydrogens is 136 g/mol. The fraction of sp³-hybridized carbons (Fsp3) is 0.333. The van der Waals surface area contributed by atoms with E-state index in [0.29, 0.717) is 0 Å². The van der Waals surface area contributed by atoms with Gasteiger partial charge in [-0.05, 0) is 5.25 Å². The third-order valence-corrected chi connectivity index (χ3v) is 0.667. The van der Waals surface area contributed by atoms with E-state index < -0.39 is 11.1 Å². The van der Waals surface area contributed by atoms with Crippen LogP contribution in [0.3, 0.4) is 0 Å². The van der Waals surface area contributed by atoms with Crippen LogP contribution in [0.5, 0.6) is 0 Å². The van der Waals surface area contributed by atoms with Crippen molar-refractivity contribution < 1.29 is 8.76 Å². The molecule has 1 atom stereocenters. The predicted octanol–water partition coefficient (Wildman–Crippen LogP) is 0.0652. The molecule has 0 radical (unpaired) electrons. The van der Waals surface area contributed by atoms with Crippen LogP contribution in [-0.2, 0) is 11.1 Å². The van der Waals surface area contributed by atoms with Gasteiger partial charge in [-0.25, -0.2) is 0 Å². The van der Waals surface area contributed by atoms with Crippen molar-refractivity contribution in [3.8, 4) is 11.2 Å². The molecule has 0 heterocycles. The second-order valence-electron chi connectivity index (χ2n) is 0.647. The number of rotatable bonds is 0. The molecule has 0 saturated heterocycles. The number of alkyl halides is 1. The van der Waals surface area contributed by atoms with Crippen LogP contribution in [0.15, 0.2) is 0 Å². The zero-order chi connectivity index (χ0) is 5.70. The Morgan fingerprint density at radius 1 is 1.86 bits per heavy atom. The smallest absolute Gasteiger partial charge is 0.0844 e. The number of halogens is 1. The molecular formula is C3H2ClO2S-. The van der Waals surface area contributed by atoms with E-state index in [2.05, 4.69) is 5.92 Å². The zero-order valence-electron chi connectivity index (χ0n) is 3.31. The van der Waals surface area contributed by atoms with Gasteiger partial charge in [0.05, 0.1) is 5.88 Å². The third kappa shape index (κ3) is 5.96. The summed E-state index contributed by atoms with van der Waals surface area (Å²) >= 11 is 2.74. The Kier molecular flexibility index (Phi) is 4.10. The Bertz CT molecular complexity index is 123. The van der Waals surface area contributed by atoms with Crippen LogP contribution in [0.25, 0.3) is 0 Å². The van der Waals surface area contributed by atoms with Gasteiger partial charge in [0.2, 0.25) is 0 Å². The Morgan fingerprint density at radius 2 is 2.43 bits per heavy atom. The zero-order valence-corrected chi connectivity index (χ0v) is 4.88. The molecule has 2 nitrogen and oxygen atoms in total. The molecule has 0 aliphatic carbocycles. The minimum atomic E-state index is -2.26. The summed E-state index contributed by atoms with van der Waals surface area (Å²) in [5.41, 5.74) is 0. The highest BCUT2D eigenvalue weighted by Crippen LogP contribution is 1.69. The van der Waals surface area contributed by atoms with Gasteiger partial charge in [-0.2, -0.15) is 0 Å². The van der Waals surface area contributed by atoms with Crippen LogP contribution in [0, 0.1) is 11.2 Å². The second kappa shape index (κ2) is 4.13. The van der Waals surface area contributed by atoms with Crippen LogP contribution >= 0.6 is 11.6 Å². The quantitative estimate of drug-likeness (QED) is 0.269. The number of hydrogen-bond donors (Lipinski definition) is 0.